The molecule has 0 N–H and O–H groups in total. The smallest absolute Gasteiger partial charge is 0.146 e. The highest BCUT2D eigenvalue weighted by Crippen LogP contribution is 2.18. The van der Waals surface area contributed by atoms with E-state index in [4.69, 9.17) is 5.26 Å². The van der Waals surface area contributed by atoms with Gasteiger partial charge in [-0.25, -0.2) is 0 Å². The average molecular weight is 315 g/mol. The van der Waals surface area contributed by atoms with Gasteiger partial charge in [-0.05, 0) is 33.4 Å². The largest absolute Gasteiger partial charge is 0.317 e. The molecule has 23 heavy (non-hydrogen) atoms. The number of aromatic nitrogens is 3. The first-order valence-electron chi connectivity index (χ1n) is 8.09. The summed E-state index contributed by atoms with van der Waals surface area (Å²) in [7, 11) is 4.11. The Morgan fingerprint density at radius 1 is 1.39 bits per heavy atom. The Bertz CT molecular complexity index is 595. The van der Waals surface area contributed by atoms with Crippen molar-refractivity contribution in [3.05, 3.63) is 11.6 Å². The van der Waals surface area contributed by atoms with E-state index in [1.54, 1.807) is 0 Å². The Balaban J connectivity index is 1.83. The van der Waals surface area contributed by atoms with Gasteiger partial charge in [-0.15, -0.1) is 10.2 Å². The first-order valence-corrected chi connectivity index (χ1v) is 8.09. The molecule has 1 aliphatic rings. The highest BCUT2D eigenvalue weighted by Gasteiger charge is 2.28. The number of likely N-dealkylation sites (N-methyl/N-ethyl adjacent to an activating group) is 1. The van der Waals surface area contributed by atoms with E-state index in [0.29, 0.717) is 18.9 Å². The van der Waals surface area contributed by atoms with Crippen molar-refractivity contribution in [2.45, 2.75) is 38.8 Å². The third-order valence-electron chi connectivity index (χ3n) is 4.71. The van der Waals surface area contributed by atoms with Gasteiger partial charge in [-0.2, -0.15) is 10.5 Å². The van der Waals surface area contributed by atoms with Gasteiger partial charge in [0.1, 0.15) is 11.6 Å². The lowest BCUT2D eigenvalue weighted by Crippen LogP contribution is -2.36. The van der Waals surface area contributed by atoms with Crippen molar-refractivity contribution in [3.63, 3.8) is 0 Å². The van der Waals surface area contributed by atoms with Crippen LogP contribution >= 0.6 is 0 Å². The van der Waals surface area contributed by atoms with Gasteiger partial charge in [0.25, 0.3) is 0 Å². The summed E-state index contributed by atoms with van der Waals surface area (Å²) >= 11 is 0. The molecule has 1 aromatic heterocycles. The van der Waals surface area contributed by atoms with Crippen LogP contribution in [0.15, 0.2) is 0 Å². The van der Waals surface area contributed by atoms with Gasteiger partial charge in [0.15, 0.2) is 0 Å². The Morgan fingerprint density at radius 2 is 2.17 bits per heavy atom. The number of aryl methyl sites for hydroxylation is 1. The van der Waals surface area contributed by atoms with Crippen molar-refractivity contribution < 1.29 is 0 Å². The number of nitrogens with zero attached hydrogens (tertiary/aromatic N) is 7. The lowest BCUT2D eigenvalue weighted by molar-refractivity contribution is 0.212. The van der Waals surface area contributed by atoms with E-state index in [1.165, 1.54) is 0 Å². The zero-order valence-corrected chi connectivity index (χ0v) is 14.2. The molecule has 0 saturated carbocycles. The predicted molar refractivity (Wildman–Crippen MR) is 86.0 cm³/mol. The van der Waals surface area contributed by atoms with Crippen molar-refractivity contribution in [2.24, 2.45) is 13.0 Å². The Hall–Kier alpha value is -1.96. The van der Waals surface area contributed by atoms with Crippen molar-refractivity contribution >= 4 is 0 Å². The maximum Gasteiger partial charge on any atom is 0.146 e. The summed E-state index contributed by atoms with van der Waals surface area (Å²) in [4.78, 5) is 4.66. The summed E-state index contributed by atoms with van der Waals surface area (Å²) in [6.07, 6.45) is 2.23. The maximum atomic E-state index is 9.20. The molecular weight excluding hydrogens is 290 g/mol. The maximum absolute atomic E-state index is 9.20. The number of hydrogen-bond donors (Lipinski definition) is 0. The second-order valence-corrected chi connectivity index (χ2v) is 6.36. The van der Waals surface area contributed by atoms with E-state index in [2.05, 4.69) is 39.2 Å². The molecular formula is C16H25N7. The summed E-state index contributed by atoms with van der Waals surface area (Å²) in [5, 5.41) is 26.2. The SMILES string of the molecule is Cc1nnc(CN(C)[C@@H]2CCN(C[C@H](C#N)CCC#N)C2)n1C. The van der Waals surface area contributed by atoms with Gasteiger partial charge >= 0.3 is 0 Å². The summed E-state index contributed by atoms with van der Waals surface area (Å²) in [5.74, 6) is 1.86. The molecule has 7 heteroatoms. The third kappa shape index (κ3) is 4.51. The number of hydrogen-bond acceptors (Lipinski definition) is 6. The highest BCUT2D eigenvalue weighted by molar-refractivity contribution is 4.95. The normalized spacial score (nSPS) is 19.7. The molecule has 0 radical (unpaired) electrons. The number of rotatable bonds is 7. The second-order valence-electron chi connectivity index (χ2n) is 6.36. The van der Waals surface area contributed by atoms with E-state index >= 15 is 0 Å². The van der Waals surface area contributed by atoms with Gasteiger partial charge < -0.3 is 9.47 Å². The van der Waals surface area contributed by atoms with Crippen LogP contribution in [0.5, 0.6) is 0 Å². The van der Waals surface area contributed by atoms with Gasteiger partial charge in [0, 0.05) is 32.6 Å². The molecule has 2 atom stereocenters. The fraction of sp³-hybridized carbons (Fsp3) is 0.750. The molecule has 2 heterocycles. The van der Waals surface area contributed by atoms with Crippen molar-refractivity contribution in [3.8, 4) is 12.1 Å². The monoisotopic (exact) mass is 315 g/mol. The second kappa shape index (κ2) is 8.05. The van der Waals surface area contributed by atoms with Gasteiger partial charge in [0.2, 0.25) is 0 Å². The first-order chi connectivity index (χ1) is 11.0. The molecule has 7 nitrogen and oxygen atoms in total. The molecule has 0 aromatic carbocycles. The van der Waals surface area contributed by atoms with E-state index in [0.717, 1.165) is 44.2 Å². The van der Waals surface area contributed by atoms with Gasteiger partial charge in [0.05, 0.1) is 24.6 Å². The molecule has 124 valence electrons. The third-order valence-corrected chi connectivity index (χ3v) is 4.71. The van der Waals surface area contributed by atoms with Crippen LogP contribution < -0.4 is 0 Å². The van der Waals surface area contributed by atoms with Crippen LogP contribution in [0.1, 0.15) is 30.9 Å². The number of nitriles is 2. The molecule has 0 aliphatic carbocycles. The highest BCUT2D eigenvalue weighted by atomic mass is 15.3. The average Bonchev–Trinajstić information content (AvgIpc) is 3.13. The minimum absolute atomic E-state index is 0.0416. The predicted octanol–water partition coefficient (Wildman–Crippen LogP) is 1.07. The lowest BCUT2D eigenvalue weighted by Gasteiger charge is -2.24. The molecule has 0 bridgehead atoms. The van der Waals surface area contributed by atoms with Crippen LogP contribution in [-0.2, 0) is 13.6 Å². The quantitative estimate of drug-likeness (QED) is 0.748. The van der Waals surface area contributed by atoms with Crippen LogP contribution in [0.4, 0.5) is 0 Å². The van der Waals surface area contributed by atoms with Gasteiger partial charge in [-0.1, -0.05) is 0 Å². The Kier molecular flexibility index (Phi) is 6.09. The molecule has 1 fully saturated rings. The first kappa shape index (κ1) is 17.4. The summed E-state index contributed by atoms with van der Waals surface area (Å²) in [6, 6.07) is 4.93. The molecule has 2 rings (SSSR count). The van der Waals surface area contributed by atoms with Crippen LogP contribution in [-0.4, -0.2) is 57.3 Å². The Labute approximate surface area is 138 Å². The Morgan fingerprint density at radius 3 is 2.78 bits per heavy atom. The van der Waals surface area contributed by atoms with Crippen LogP contribution in [0.2, 0.25) is 0 Å². The van der Waals surface area contributed by atoms with Crippen LogP contribution in [0.3, 0.4) is 0 Å². The van der Waals surface area contributed by atoms with E-state index in [-0.39, 0.29) is 5.92 Å². The van der Waals surface area contributed by atoms with E-state index in [9.17, 15) is 5.26 Å². The molecule has 0 amide bonds. The molecule has 0 unspecified atom stereocenters. The summed E-state index contributed by atoms with van der Waals surface area (Å²) < 4.78 is 2.02. The van der Waals surface area contributed by atoms with E-state index < -0.39 is 0 Å². The lowest BCUT2D eigenvalue weighted by atomic mass is 10.1. The fourth-order valence-electron chi connectivity index (χ4n) is 3.03. The minimum Gasteiger partial charge on any atom is -0.317 e. The van der Waals surface area contributed by atoms with E-state index in [1.807, 2.05) is 18.5 Å². The minimum atomic E-state index is -0.0416. The van der Waals surface area contributed by atoms with Crippen molar-refractivity contribution in [1.29, 1.82) is 10.5 Å². The molecule has 1 aliphatic heterocycles. The summed E-state index contributed by atoms with van der Waals surface area (Å²) in [6.45, 7) is 5.49. The standard InChI is InChI=1S/C16H25N7/c1-13-19-20-16(22(13)3)12-21(2)15-6-8-23(11-15)10-14(9-18)5-4-7-17/h14-15H,4-6,8,10-12H2,1-3H3/t14-,15+/m0/s1. The molecule has 1 saturated heterocycles. The summed E-state index contributed by atoms with van der Waals surface area (Å²) in [5.41, 5.74) is 0. The zero-order chi connectivity index (χ0) is 16.8. The molecule has 0 spiro atoms. The molecule has 1 aromatic rings. The van der Waals surface area contributed by atoms with Crippen molar-refractivity contribution in [2.75, 3.05) is 26.7 Å². The fourth-order valence-corrected chi connectivity index (χ4v) is 3.03. The van der Waals surface area contributed by atoms with Crippen LogP contribution in [0, 0.1) is 35.5 Å². The van der Waals surface area contributed by atoms with Crippen LogP contribution in [0.25, 0.3) is 0 Å². The topological polar surface area (TPSA) is 84.8 Å². The van der Waals surface area contributed by atoms with Crippen molar-refractivity contribution in [1.82, 2.24) is 24.6 Å². The zero-order valence-electron chi connectivity index (χ0n) is 14.2. The number of likely N-dealkylation sites (tertiary alicyclic amines) is 1. The van der Waals surface area contributed by atoms with Gasteiger partial charge in [-0.3, -0.25) is 4.90 Å².